The number of pyridine rings is 1. The van der Waals surface area contributed by atoms with Gasteiger partial charge in [0.1, 0.15) is 23.5 Å². The molecule has 0 bridgehead atoms. The third-order valence-electron chi connectivity index (χ3n) is 4.17. The molecule has 7 nitrogen and oxygen atoms in total. The van der Waals surface area contributed by atoms with Gasteiger partial charge in [0.2, 0.25) is 0 Å². The van der Waals surface area contributed by atoms with Crippen molar-refractivity contribution in [1.29, 1.82) is 0 Å². The number of hydrogen-bond acceptors (Lipinski definition) is 6. The number of hydrogen-bond donors (Lipinski definition) is 3. The summed E-state index contributed by atoms with van der Waals surface area (Å²) in [4.78, 5) is 20.7. The lowest BCUT2D eigenvalue weighted by atomic mass is 10.1. The van der Waals surface area contributed by atoms with Crippen molar-refractivity contribution in [3.63, 3.8) is 0 Å². The van der Waals surface area contributed by atoms with Crippen LogP contribution in [0, 0.1) is 6.92 Å². The van der Waals surface area contributed by atoms with Gasteiger partial charge in [-0.05, 0) is 37.7 Å². The average molecular weight is 414 g/mol. The normalized spacial score (nSPS) is 11.1. The predicted molar refractivity (Wildman–Crippen MR) is 112 cm³/mol. The van der Waals surface area contributed by atoms with E-state index in [1.54, 1.807) is 6.20 Å². The minimum atomic E-state index is 0.533. The lowest BCUT2D eigenvalue weighted by Crippen LogP contribution is -2.05. The van der Waals surface area contributed by atoms with Crippen LogP contribution in [0.4, 0.5) is 11.6 Å². The summed E-state index contributed by atoms with van der Waals surface area (Å²) in [5.41, 5.74) is 3.99. The maximum absolute atomic E-state index is 6.50. The number of aromatic amines is 1. The molecule has 0 fully saturated rings. The molecule has 0 unspecified atom stereocenters. The second kappa shape index (κ2) is 7.71. The number of benzene rings is 1. The number of nitrogens with one attached hydrogen (secondary N) is 3. The molecule has 0 aliphatic rings. The first-order valence-corrected chi connectivity index (χ1v) is 9.34. The van der Waals surface area contributed by atoms with Gasteiger partial charge in [-0.2, -0.15) is 0 Å². The molecule has 3 heterocycles. The smallest absolute Gasteiger partial charge is 0.159 e. The molecule has 28 heavy (non-hydrogen) atoms. The van der Waals surface area contributed by atoms with Crippen LogP contribution in [0.3, 0.4) is 0 Å². The van der Waals surface area contributed by atoms with E-state index in [0.29, 0.717) is 45.1 Å². The van der Waals surface area contributed by atoms with Gasteiger partial charge in [0, 0.05) is 24.5 Å². The molecular formula is C19H17Cl2N7. The number of aryl methyl sites for hydroxylation is 1. The Bertz CT molecular complexity index is 1130. The minimum absolute atomic E-state index is 0.533. The van der Waals surface area contributed by atoms with Crippen molar-refractivity contribution in [2.24, 2.45) is 0 Å². The zero-order chi connectivity index (χ0) is 19.7. The van der Waals surface area contributed by atoms with Crippen molar-refractivity contribution in [2.45, 2.75) is 13.5 Å². The molecule has 3 N–H and O–H groups in total. The second-order valence-electron chi connectivity index (χ2n) is 6.28. The fourth-order valence-corrected chi connectivity index (χ4v) is 3.66. The molecule has 0 aliphatic carbocycles. The number of anilines is 2. The molecule has 1 aromatic carbocycles. The van der Waals surface area contributed by atoms with E-state index in [0.717, 1.165) is 16.8 Å². The van der Waals surface area contributed by atoms with E-state index in [9.17, 15) is 0 Å². The highest BCUT2D eigenvalue weighted by molar-refractivity contribution is 6.39. The fourth-order valence-electron chi connectivity index (χ4n) is 2.95. The van der Waals surface area contributed by atoms with Crippen LogP contribution in [0.1, 0.15) is 11.3 Å². The van der Waals surface area contributed by atoms with Gasteiger partial charge < -0.3 is 15.6 Å². The number of imidazole rings is 1. The number of nitrogens with zero attached hydrogens (tertiary/aromatic N) is 4. The summed E-state index contributed by atoms with van der Waals surface area (Å²) in [6.45, 7) is 2.57. The Morgan fingerprint density at radius 1 is 1.07 bits per heavy atom. The first-order chi connectivity index (χ1) is 13.5. The third-order valence-corrected chi connectivity index (χ3v) is 4.77. The van der Waals surface area contributed by atoms with Crippen LogP contribution in [0.25, 0.3) is 22.4 Å². The highest BCUT2D eigenvalue weighted by atomic mass is 35.5. The van der Waals surface area contributed by atoms with E-state index in [2.05, 4.69) is 30.6 Å². The molecule has 3 aromatic heterocycles. The largest absolute Gasteiger partial charge is 0.338 e. The number of fused-ring (bicyclic) bond motifs is 1. The first kappa shape index (κ1) is 18.6. The van der Waals surface area contributed by atoms with E-state index < -0.39 is 0 Å². The van der Waals surface area contributed by atoms with Crippen molar-refractivity contribution in [2.75, 3.05) is 12.4 Å². The summed E-state index contributed by atoms with van der Waals surface area (Å²) >= 11 is 13.0. The number of rotatable bonds is 5. The molecular weight excluding hydrogens is 397 g/mol. The number of aromatic nitrogens is 5. The standard InChI is InChI=1S/C19H17Cl2N7/c1-10-5-15(25-9-24-10)27-19-17-14(3-4-23-19)26-18(28-17)16-12(20)6-11(8-22-2)7-13(16)21/h3-7,9,22H,8H2,1-2H3,(H,26,28)(H,23,24,25,27). The first-order valence-electron chi connectivity index (χ1n) is 8.58. The van der Waals surface area contributed by atoms with Crippen molar-refractivity contribution >= 4 is 45.9 Å². The van der Waals surface area contributed by atoms with Crippen LogP contribution in [0.15, 0.2) is 36.8 Å². The van der Waals surface area contributed by atoms with Crippen LogP contribution in [-0.4, -0.2) is 32.0 Å². The molecule has 0 aliphatic heterocycles. The molecule has 0 saturated carbocycles. The van der Waals surface area contributed by atoms with Crippen molar-refractivity contribution in [1.82, 2.24) is 30.2 Å². The molecule has 4 rings (SSSR count). The van der Waals surface area contributed by atoms with E-state index in [1.165, 1.54) is 6.33 Å². The van der Waals surface area contributed by atoms with E-state index >= 15 is 0 Å². The monoisotopic (exact) mass is 413 g/mol. The Morgan fingerprint density at radius 3 is 2.57 bits per heavy atom. The molecule has 142 valence electrons. The van der Waals surface area contributed by atoms with Crippen LogP contribution in [-0.2, 0) is 6.54 Å². The maximum Gasteiger partial charge on any atom is 0.159 e. The van der Waals surface area contributed by atoms with Gasteiger partial charge >= 0.3 is 0 Å². The summed E-state index contributed by atoms with van der Waals surface area (Å²) in [6.07, 6.45) is 3.19. The van der Waals surface area contributed by atoms with Crippen LogP contribution >= 0.6 is 23.2 Å². The summed E-state index contributed by atoms with van der Waals surface area (Å²) < 4.78 is 0. The van der Waals surface area contributed by atoms with E-state index in [1.807, 2.05) is 38.2 Å². The van der Waals surface area contributed by atoms with Gasteiger partial charge in [0.05, 0.1) is 21.1 Å². The molecule has 9 heteroatoms. The van der Waals surface area contributed by atoms with Crippen LogP contribution in [0.5, 0.6) is 0 Å². The Labute approximate surface area is 171 Å². The average Bonchev–Trinajstić information content (AvgIpc) is 3.06. The Hall–Kier alpha value is -2.74. The highest BCUT2D eigenvalue weighted by Crippen LogP contribution is 2.36. The minimum Gasteiger partial charge on any atom is -0.338 e. The van der Waals surface area contributed by atoms with E-state index in [-0.39, 0.29) is 0 Å². The van der Waals surface area contributed by atoms with Gasteiger partial charge in [-0.15, -0.1) is 0 Å². The fraction of sp³-hybridized carbons (Fsp3) is 0.158. The Balaban J connectivity index is 1.77. The Kier molecular flexibility index (Phi) is 5.13. The maximum atomic E-state index is 6.50. The second-order valence-corrected chi connectivity index (χ2v) is 7.09. The van der Waals surface area contributed by atoms with Crippen LogP contribution in [0.2, 0.25) is 10.0 Å². The van der Waals surface area contributed by atoms with Gasteiger partial charge in [0.15, 0.2) is 5.82 Å². The zero-order valence-electron chi connectivity index (χ0n) is 15.2. The lowest BCUT2D eigenvalue weighted by Gasteiger charge is -2.08. The van der Waals surface area contributed by atoms with Gasteiger partial charge in [-0.1, -0.05) is 23.2 Å². The third kappa shape index (κ3) is 3.64. The SMILES string of the molecule is CNCc1cc(Cl)c(-c2nc3c(Nc4cc(C)ncn4)nccc3[nH]2)c(Cl)c1. The predicted octanol–water partition coefficient (Wildman–Crippen LogP) is 4.49. The Morgan fingerprint density at radius 2 is 1.86 bits per heavy atom. The van der Waals surface area contributed by atoms with Crippen LogP contribution < -0.4 is 10.6 Å². The molecule has 0 amide bonds. The molecule has 0 spiro atoms. The number of H-pyrrole nitrogens is 1. The summed E-state index contributed by atoms with van der Waals surface area (Å²) in [5.74, 6) is 1.80. The summed E-state index contributed by atoms with van der Waals surface area (Å²) in [5, 5.41) is 7.34. The number of halogens is 2. The van der Waals surface area contributed by atoms with Gasteiger partial charge in [-0.3, -0.25) is 0 Å². The molecule has 0 radical (unpaired) electrons. The quantitative estimate of drug-likeness (QED) is 0.446. The van der Waals surface area contributed by atoms with Crippen molar-refractivity contribution in [3.05, 3.63) is 58.1 Å². The zero-order valence-corrected chi connectivity index (χ0v) is 16.7. The van der Waals surface area contributed by atoms with Gasteiger partial charge in [-0.25, -0.2) is 19.9 Å². The lowest BCUT2D eigenvalue weighted by molar-refractivity contribution is 0.818. The molecule has 0 atom stereocenters. The summed E-state index contributed by atoms with van der Waals surface area (Å²) in [7, 11) is 1.87. The molecule has 4 aromatic rings. The topological polar surface area (TPSA) is 91.4 Å². The van der Waals surface area contributed by atoms with Gasteiger partial charge in [0.25, 0.3) is 0 Å². The highest BCUT2D eigenvalue weighted by Gasteiger charge is 2.16. The summed E-state index contributed by atoms with van der Waals surface area (Å²) in [6, 6.07) is 7.45. The van der Waals surface area contributed by atoms with E-state index in [4.69, 9.17) is 28.2 Å². The van der Waals surface area contributed by atoms with Crippen molar-refractivity contribution < 1.29 is 0 Å². The molecule has 0 saturated heterocycles. The van der Waals surface area contributed by atoms with Crippen molar-refractivity contribution in [3.8, 4) is 11.4 Å².